The van der Waals surface area contributed by atoms with Crippen LogP contribution in [-0.2, 0) is 6.54 Å². The smallest absolute Gasteiger partial charge is 0.294 e. The van der Waals surface area contributed by atoms with E-state index in [4.69, 9.17) is 0 Å². The van der Waals surface area contributed by atoms with Crippen molar-refractivity contribution < 1.29 is 9.18 Å². The molecular weight excluding hydrogens is 309 g/mol. The fourth-order valence-electron chi connectivity index (χ4n) is 2.66. The number of hydrogen-bond acceptors (Lipinski definition) is 4. The van der Waals surface area contributed by atoms with E-state index in [1.54, 1.807) is 27.7 Å². The van der Waals surface area contributed by atoms with E-state index in [-0.39, 0.29) is 23.6 Å². The van der Waals surface area contributed by atoms with Crippen LogP contribution in [0, 0.1) is 12.7 Å². The lowest BCUT2D eigenvalue weighted by Gasteiger charge is -2.21. The molecule has 1 aliphatic rings. The fourth-order valence-corrected chi connectivity index (χ4v) is 2.66. The van der Waals surface area contributed by atoms with Crippen molar-refractivity contribution >= 4 is 11.7 Å². The third-order valence-electron chi connectivity index (χ3n) is 4.14. The van der Waals surface area contributed by atoms with Gasteiger partial charge in [-0.3, -0.25) is 4.79 Å². The third-order valence-corrected chi connectivity index (χ3v) is 4.14. The molecule has 24 heavy (non-hydrogen) atoms. The summed E-state index contributed by atoms with van der Waals surface area (Å²) in [6, 6.07) is 8.21. The van der Waals surface area contributed by atoms with Gasteiger partial charge in [0.1, 0.15) is 5.82 Å². The molecule has 2 heterocycles. The molecule has 6 nitrogen and oxygen atoms in total. The molecule has 0 aliphatic heterocycles. The first-order chi connectivity index (χ1) is 11.6. The Balaban J connectivity index is 1.63. The Morgan fingerprint density at radius 2 is 2.04 bits per heavy atom. The lowest BCUT2D eigenvalue weighted by Crippen LogP contribution is -2.33. The largest absolute Gasteiger partial charge is 0.329 e. The normalized spacial score (nSPS) is 14.1. The molecule has 1 aliphatic carbocycles. The van der Waals surface area contributed by atoms with Crippen LogP contribution in [0.3, 0.4) is 0 Å². The van der Waals surface area contributed by atoms with E-state index >= 15 is 0 Å². The van der Waals surface area contributed by atoms with Crippen LogP contribution in [0.4, 0.5) is 4.39 Å². The summed E-state index contributed by atoms with van der Waals surface area (Å²) in [6.45, 7) is 2.31. The van der Waals surface area contributed by atoms with Crippen molar-refractivity contribution in [2.75, 3.05) is 0 Å². The Bertz CT molecular complexity index is 901. The molecule has 4 rings (SSSR count). The zero-order valence-corrected chi connectivity index (χ0v) is 13.2. The number of nitrogens with zero attached hydrogens (tertiary/aromatic N) is 5. The van der Waals surface area contributed by atoms with E-state index in [0.29, 0.717) is 12.3 Å². The summed E-state index contributed by atoms with van der Waals surface area (Å²) in [7, 11) is 0. The zero-order chi connectivity index (χ0) is 16.7. The molecule has 1 saturated carbocycles. The van der Waals surface area contributed by atoms with Crippen LogP contribution in [0.15, 0.2) is 36.5 Å². The minimum absolute atomic E-state index is 0.144. The summed E-state index contributed by atoms with van der Waals surface area (Å²) >= 11 is 0. The molecule has 1 fully saturated rings. The SMILES string of the molecule is Cc1ccnc2nc(C(=O)N(Cc3ccc(F)cc3)C3CC3)nn12. The van der Waals surface area contributed by atoms with Gasteiger partial charge in [-0.2, -0.15) is 4.98 Å². The number of halogens is 1. The maximum Gasteiger partial charge on any atom is 0.294 e. The van der Waals surface area contributed by atoms with E-state index in [2.05, 4.69) is 15.1 Å². The number of amides is 1. The lowest BCUT2D eigenvalue weighted by molar-refractivity contribution is 0.0717. The number of aryl methyl sites for hydroxylation is 1. The number of carbonyl (C=O) groups excluding carboxylic acids is 1. The van der Waals surface area contributed by atoms with Crippen LogP contribution in [0.5, 0.6) is 0 Å². The minimum Gasteiger partial charge on any atom is -0.329 e. The maximum atomic E-state index is 13.1. The van der Waals surface area contributed by atoms with Crippen molar-refractivity contribution in [3.63, 3.8) is 0 Å². The molecule has 3 aromatic rings. The van der Waals surface area contributed by atoms with Gasteiger partial charge < -0.3 is 4.90 Å². The zero-order valence-electron chi connectivity index (χ0n) is 13.2. The van der Waals surface area contributed by atoms with Crippen molar-refractivity contribution in [1.29, 1.82) is 0 Å². The lowest BCUT2D eigenvalue weighted by atomic mass is 10.2. The standard InChI is InChI=1S/C17H16FN5O/c1-11-8-9-19-17-20-15(21-23(11)17)16(24)22(14-6-7-14)10-12-2-4-13(18)5-3-12/h2-5,8-9,14H,6-7,10H2,1H3. The van der Waals surface area contributed by atoms with E-state index in [9.17, 15) is 9.18 Å². The van der Waals surface area contributed by atoms with Gasteiger partial charge in [-0.15, -0.1) is 5.10 Å². The van der Waals surface area contributed by atoms with Crippen LogP contribution < -0.4 is 0 Å². The van der Waals surface area contributed by atoms with Gasteiger partial charge in [-0.25, -0.2) is 13.9 Å². The van der Waals surface area contributed by atoms with E-state index in [1.807, 2.05) is 13.0 Å². The Kier molecular flexibility index (Phi) is 3.48. The second-order valence-electron chi connectivity index (χ2n) is 6.02. The second kappa shape index (κ2) is 5.67. The van der Waals surface area contributed by atoms with Crippen molar-refractivity contribution in [1.82, 2.24) is 24.5 Å². The molecule has 0 spiro atoms. The van der Waals surface area contributed by atoms with Crippen LogP contribution in [-0.4, -0.2) is 36.4 Å². The molecule has 0 N–H and O–H groups in total. The molecular formula is C17H16FN5O. The van der Waals surface area contributed by atoms with Gasteiger partial charge in [-0.05, 0) is 43.5 Å². The Hall–Kier alpha value is -2.83. The Morgan fingerprint density at radius 3 is 2.71 bits per heavy atom. The average Bonchev–Trinajstić information content (AvgIpc) is 3.32. The third kappa shape index (κ3) is 2.73. The summed E-state index contributed by atoms with van der Waals surface area (Å²) in [5.41, 5.74) is 1.75. The summed E-state index contributed by atoms with van der Waals surface area (Å²) in [5.74, 6) is 0.0556. The van der Waals surface area contributed by atoms with Gasteiger partial charge in [0.05, 0.1) is 0 Å². The van der Waals surface area contributed by atoms with Crippen LogP contribution in [0.1, 0.15) is 34.7 Å². The molecule has 7 heteroatoms. The molecule has 0 radical (unpaired) electrons. The van der Waals surface area contributed by atoms with Gasteiger partial charge in [0.15, 0.2) is 0 Å². The quantitative estimate of drug-likeness (QED) is 0.739. The molecule has 0 unspecified atom stereocenters. The Labute approximate surface area is 138 Å². The first-order valence-corrected chi connectivity index (χ1v) is 7.85. The first-order valence-electron chi connectivity index (χ1n) is 7.85. The molecule has 0 bridgehead atoms. The van der Waals surface area contributed by atoms with E-state index in [0.717, 1.165) is 24.1 Å². The highest BCUT2D eigenvalue weighted by molar-refractivity contribution is 5.91. The van der Waals surface area contributed by atoms with Crippen molar-refractivity contribution in [2.45, 2.75) is 32.4 Å². The summed E-state index contributed by atoms with van der Waals surface area (Å²) in [4.78, 5) is 23.0. The number of fused-ring (bicyclic) bond motifs is 1. The van der Waals surface area contributed by atoms with E-state index < -0.39 is 0 Å². The fraction of sp³-hybridized carbons (Fsp3) is 0.294. The van der Waals surface area contributed by atoms with Gasteiger partial charge >= 0.3 is 0 Å². The summed E-state index contributed by atoms with van der Waals surface area (Å²) in [5, 5.41) is 4.29. The number of benzene rings is 1. The number of rotatable bonds is 4. The Morgan fingerprint density at radius 1 is 1.29 bits per heavy atom. The van der Waals surface area contributed by atoms with Crippen LogP contribution in [0.25, 0.3) is 5.78 Å². The molecule has 0 atom stereocenters. The highest BCUT2D eigenvalue weighted by Gasteiger charge is 2.34. The first kappa shape index (κ1) is 14.7. The highest BCUT2D eigenvalue weighted by Crippen LogP contribution is 2.29. The van der Waals surface area contributed by atoms with Crippen molar-refractivity contribution in [3.05, 3.63) is 59.4 Å². The predicted octanol–water partition coefficient (Wildman–Crippen LogP) is 2.38. The summed E-state index contributed by atoms with van der Waals surface area (Å²) < 4.78 is 14.6. The van der Waals surface area contributed by atoms with Crippen molar-refractivity contribution in [3.8, 4) is 0 Å². The molecule has 2 aromatic heterocycles. The van der Waals surface area contributed by atoms with Gasteiger partial charge in [-0.1, -0.05) is 12.1 Å². The van der Waals surface area contributed by atoms with Crippen LogP contribution >= 0.6 is 0 Å². The second-order valence-corrected chi connectivity index (χ2v) is 6.02. The molecule has 1 amide bonds. The van der Waals surface area contributed by atoms with Gasteiger partial charge in [0, 0.05) is 24.5 Å². The number of aromatic nitrogens is 4. The maximum absolute atomic E-state index is 13.1. The average molecular weight is 325 g/mol. The predicted molar refractivity (Wildman–Crippen MR) is 84.8 cm³/mol. The van der Waals surface area contributed by atoms with Crippen LogP contribution in [0.2, 0.25) is 0 Å². The molecule has 122 valence electrons. The van der Waals surface area contributed by atoms with Crippen molar-refractivity contribution in [2.24, 2.45) is 0 Å². The minimum atomic E-state index is -0.286. The topological polar surface area (TPSA) is 63.4 Å². The monoisotopic (exact) mass is 325 g/mol. The molecule has 1 aromatic carbocycles. The van der Waals surface area contributed by atoms with E-state index in [1.165, 1.54) is 12.1 Å². The number of carbonyl (C=O) groups is 1. The summed E-state index contributed by atoms with van der Waals surface area (Å²) in [6.07, 6.45) is 3.58. The van der Waals surface area contributed by atoms with Gasteiger partial charge in [0.2, 0.25) is 5.82 Å². The van der Waals surface area contributed by atoms with Gasteiger partial charge in [0.25, 0.3) is 11.7 Å². The molecule has 0 saturated heterocycles. The number of hydrogen-bond donors (Lipinski definition) is 0. The highest BCUT2D eigenvalue weighted by atomic mass is 19.1.